The number of benzene rings is 2. The van der Waals surface area contributed by atoms with Crippen LogP contribution in [0.15, 0.2) is 66.0 Å². The van der Waals surface area contributed by atoms with Crippen molar-refractivity contribution < 1.29 is 18.8 Å². The van der Waals surface area contributed by atoms with Crippen LogP contribution in [0.25, 0.3) is 0 Å². The van der Waals surface area contributed by atoms with E-state index in [1.54, 1.807) is 30.3 Å². The Morgan fingerprint density at radius 1 is 1.10 bits per heavy atom. The van der Waals surface area contributed by atoms with Gasteiger partial charge in [0.2, 0.25) is 5.91 Å². The highest BCUT2D eigenvalue weighted by molar-refractivity contribution is 14.1. The van der Waals surface area contributed by atoms with Crippen LogP contribution in [0.3, 0.4) is 0 Å². The highest BCUT2D eigenvalue weighted by Gasteiger charge is 2.44. The topological polar surface area (TPSA) is 57.7 Å². The van der Waals surface area contributed by atoms with Crippen molar-refractivity contribution in [2.24, 2.45) is 0 Å². The number of carbonyl (C=O) groups is 3. The molecule has 3 amide bonds. The summed E-state index contributed by atoms with van der Waals surface area (Å²) in [5.41, 5.74) is 0.337. The van der Waals surface area contributed by atoms with Crippen molar-refractivity contribution in [3.63, 3.8) is 0 Å². The van der Waals surface area contributed by atoms with Gasteiger partial charge in [0.05, 0.1) is 24.2 Å². The number of imide groups is 1. The van der Waals surface area contributed by atoms with Crippen molar-refractivity contribution in [3.8, 4) is 0 Å². The molecule has 0 bridgehead atoms. The van der Waals surface area contributed by atoms with Crippen molar-refractivity contribution >= 4 is 57.3 Å². The molecule has 0 N–H and O–H groups in total. The largest absolute Gasteiger partial charge is 0.321 e. The first-order valence-electron chi connectivity index (χ1n) is 9.16. The summed E-state index contributed by atoms with van der Waals surface area (Å²) in [5.74, 6) is -2.15. The molecule has 1 aromatic heterocycles. The van der Waals surface area contributed by atoms with Crippen LogP contribution in [0.5, 0.6) is 0 Å². The summed E-state index contributed by atoms with van der Waals surface area (Å²) in [5, 5.41) is 1.86. The number of anilines is 1. The normalized spacial score (nSPS) is 16.2. The molecule has 1 fully saturated rings. The van der Waals surface area contributed by atoms with Crippen LogP contribution in [-0.2, 0) is 16.1 Å². The van der Waals surface area contributed by atoms with E-state index in [1.165, 1.54) is 34.4 Å². The number of rotatable bonds is 5. The minimum Gasteiger partial charge on any atom is -0.321 e. The Kier molecular flexibility index (Phi) is 5.96. The zero-order chi connectivity index (χ0) is 21.3. The summed E-state index contributed by atoms with van der Waals surface area (Å²) in [6, 6.07) is 15.3. The van der Waals surface area contributed by atoms with Gasteiger partial charge >= 0.3 is 0 Å². The molecule has 1 saturated heterocycles. The molecule has 2 aromatic carbocycles. The van der Waals surface area contributed by atoms with Gasteiger partial charge < -0.3 is 4.90 Å². The van der Waals surface area contributed by atoms with Gasteiger partial charge in [0.25, 0.3) is 11.8 Å². The molecule has 0 saturated carbocycles. The maximum Gasteiger partial charge on any atom is 0.257 e. The van der Waals surface area contributed by atoms with Crippen LogP contribution in [0.4, 0.5) is 10.1 Å². The Morgan fingerprint density at radius 3 is 2.50 bits per heavy atom. The molecule has 1 aliphatic heterocycles. The third-order valence-corrected chi connectivity index (χ3v) is 6.44. The second-order valence-electron chi connectivity index (χ2n) is 6.76. The minimum absolute atomic E-state index is 0.120. The Morgan fingerprint density at radius 2 is 1.83 bits per heavy atom. The first-order chi connectivity index (χ1) is 14.5. The lowest BCUT2D eigenvalue weighted by Gasteiger charge is -2.27. The first-order valence-corrected chi connectivity index (χ1v) is 11.1. The predicted octanol–water partition coefficient (Wildman–Crippen LogP) is 4.47. The Balaban J connectivity index is 1.69. The average molecular weight is 534 g/mol. The molecule has 1 atom stereocenters. The van der Waals surface area contributed by atoms with Gasteiger partial charge in [-0.25, -0.2) is 9.29 Å². The molecular weight excluding hydrogens is 518 g/mol. The molecule has 4 rings (SSSR count). The first kappa shape index (κ1) is 20.7. The van der Waals surface area contributed by atoms with E-state index in [9.17, 15) is 18.8 Å². The monoisotopic (exact) mass is 534 g/mol. The number of amides is 3. The van der Waals surface area contributed by atoms with Gasteiger partial charge in [-0.15, -0.1) is 11.3 Å². The number of thiophene rings is 1. The van der Waals surface area contributed by atoms with Crippen molar-refractivity contribution in [1.29, 1.82) is 0 Å². The van der Waals surface area contributed by atoms with Gasteiger partial charge in [-0.2, -0.15) is 0 Å². The maximum absolute atomic E-state index is 14.3. The van der Waals surface area contributed by atoms with Crippen molar-refractivity contribution in [3.05, 3.63) is 85.9 Å². The molecule has 3 aromatic rings. The summed E-state index contributed by atoms with van der Waals surface area (Å²) in [6.07, 6.45) is -0.142. The lowest BCUT2D eigenvalue weighted by atomic mass is 10.1. The zero-order valence-corrected chi connectivity index (χ0v) is 18.6. The van der Waals surface area contributed by atoms with Crippen molar-refractivity contribution in [1.82, 2.24) is 4.90 Å². The van der Waals surface area contributed by atoms with Gasteiger partial charge in [0, 0.05) is 8.45 Å². The van der Waals surface area contributed by atoms with Crippen molar-refractivity contribution in [2.45, 2.75) is 19.0 Å². The molecule has 5 nitrogen and oxygen atoms in total. The maximum atomic E-state index is 14.3. The van der Waals surface area contributed by atoms with Crippen LogP contribution in [0.2, 0.25) is 0 Å². The summed E-state index contributed by atoms with van der Waals surface area (Å²) < 4.78 is 15.3. The fourth-order valence-corrected chi connectivity index (χ4v) is 4.47. The highest BCUT2D eigenvalue weighted by Crippen LogP contribution is 2.29. The van der Waals surface area contributed by atoms with Gasteiger partial charge in [-0.3, -0.25) is 14.4 Å². The van der Waals surface area contributed by atoms with E-state index >= 15 is 0 Å². The third-order valence-electron chi connectivity index (χ3n) is 4.86. The molecule has 1 aliphatic rings. The fourth-order valence-electron chi connectivity index (χ4n) is 3.40. The van der Waals surface area contributed by atoms with Gasteiger partial charge in [-0.1, -0.05) is 18.2 Å². The van der Waals surface area contributed by atoms with E-state index in [2.05, 4.69) is 22.6 Å². The number of hydrogen-bond acceptors (Lipinski definition) is 4. The number of carbonyl (C=O) groups excluding carboxylic acids is 3. The second kappa shape index (κ2) is 8.65. The molecule has 8 heteroatoms. The van der Waals surface area contributed by atoms with Crippen LogP contribution in [-0.4, -0.2) is 28.7 Å². The molecule has 30 heavy (non-hydrogen) atoms. The molecule has 0 spiro atoms. The Bertz CT molecular complexity index is 1100. The molecule has 2 heterocycles. The fraction of sp³-hybridized carbons (Fsp3) is 0.136. The molecule has 152 valence electrons. The molecular formula is C22H16FIN2O3S. The predicted molar refractivity (Wildman–Crippen MR) is 121 cm³/mol. The molecule has 0 aliphatic carbocycles. The van der Waals surface area contributed by atoms with Crippen LogP contribution < -0.4 is 4.90 Å². The lowest BCUT2D eigenvalue weighted by Crippen LogP contribution is -2.45. The van der Waals surface area contributed by atoms with E-state index < -0.39 is 23.7 Å². The Hall–Kier alpha value is -2.59. The molecule has 0 radical (unpaired) electrons. The summed E-state index contributed by atoms with van der Waals surface area (Å²) in [7, 11) is 0. The van der Waals surface area contributed by atoms with E-state index in [-0.39, 0.29) is 24.4 Å². The standard InChI is InChI=1S/C22H16FIN2O3S/c23-18-6-2-1-5-17(18)21(28)25(13-16-4-3-11-30-16)19-12-20(27)26(22(19)29)15-9-7-14(24)8-10-15/h1-11,19H,12-13H2. The SMILES string of the molecule is O=C1CC(N(Cc2cccs2)C(=O)c2ccccc2F)C(=O)N1c1ccc(I)cc1. The van der Waals surface area contributed by atoms with E-state index in [0.717, 1.165) is 13.3 Å². The summed E-state index contributed by atoms with van der Waals surface area (Å²) >= 11 is 3.57. The quantitative estimate of drug-likeness (QED) is 0.359. The van der Waals surface area contributed by atoms with Crippen LogP contribution in [0.1, 0.15) is 21.7 Å². The van der Waals surface area contributed by atoms with Crippen LogP contribution in [0, 0.1) is 9.39 Å². The van der Waals surface area contributed by atoms with E-state index in [1.807, 2.05) is 17.5 Å². The summed E-state index contributed by atoms with van der Waals surface area (Å²) in [6.45, 7) is 0.120. The molecule has 1 unspecified atom stereocenters. The number of nitrogens with zero attached hydrogens (tertiary/aromatic N) is 2. The Labute approximate surface area is 190 Å². The summed E-state index contributed by atoms with van der Waals surface area (Å²) in [4.78, 5) is 42.4. The minimum atomic E-state index is -0.994. The third kappa shape index (κ3) is 4.01. The van der Waals surface area contributed by atoms with Gasteiger partial charge in [0.15, 0.2) is 0 Å². The second-order valence-corrected chi connectivity index (χ2v) is 9.03. The average Bonchev–Trinajstić information content (AvgIpc) is 3.35. The zero-order valence-electron chi connectivity index (χ0n) is 15.6. The van der Waals surface area contributed by atoms with Gasteiger partial charge in [0.1, 0.15) is 11.9 Å². The smallest absolute Gasteiger partial charge is 0.257 e. The van der Waals surface area contributed by atoms with Crippen LogP contribution >= 0.6 is 33.9 Å². The highest BCUT2D eigenvalue weighted by atomic mass is 127. The lowest BCUT2D eigenvalue weighted by molar-refractivity contribution is -0.122. The van der Waals surface area contributed by atoms with E-state index in [4.69, 9.17) is 0 Å². The number of halogens is 2. The van der Waals surface area contributed by atoms with E-state index in [0.29, 0.717) is 5.69 Å². The van der Waals surface area contributed by atoms with Gasteiger partial charge in [-0.05, 0) is 70.4 Å². The number of hydrogen-bond donors (Lipinski definition) is 0. The van der Waals surface area contributed by atoms with Crippen molar-refractivity contribution in [2.75, 3.05) is 4.90 Å².